The number of rotatable bonds is 3. The van der Waals surface area contributed by atoms with Gasteiger partial charge in [-0.05, 0) is 31.8 Å². The lowest BCUT2D eigenvalue weighted by Gasteiger charge is -2.24. The quantitative estimate of drug-likeness (QED) is 0.575. The average Bonchev–Trinajstić information content (AvgIpc) is 2.29. The van der Waals surface area contributed by atoms with Gasteiger partial charge in [0.15, 0.2) is 0 Å². The molecule has 1 unspecified atom stereocenters. The summed E-state index contributed by atoms with van der Waals surface area (Å²) >= 11 is 0. The molecule has 1 saturated carbocycles. The predicted octanol–water partition coefficient (Wildman–Crippen LogP) is 2.05. The summed E-state index contributed by atoms with van der Waals surface area (Å²) in [6.07, 6.45) is 6.90. The lowest BCUT2D eigenvalue weighted by Crippen LogP contribution is -2.22. The highest BCUT2D eigenvalue weighted by atomic mass is 16.5. The van der Waals surface area contributed by atoms with Crippen LogP contribution in [0.1, 0.15) is 39.0 Å². The minimum Gasteiger partial charge on any atom is -0.466 e. The van der Waals surface area contributed by atoms with Gasteiger partial charge in [0.1, 0.15) is 0 Å². The third kappa shape index (κ3) is 3.67. The standard InChI is InChI=1S/C12H20O3/c1-9(12(14)15-2)8-11(13)10-6-4-3-5-7-10/h8,10-11,13H,3-7H2,1-2H3. The van der Waals surface area contributed by atoms with Crippen molar-refractivity contribution in [2.45, 2.75) is 45.1 Å². The van der Waals surface area contributed by atoms with Crippen LogP contribution in [0, 0.1) is 5.92 Å². The van der Waals surface area contributed by atoms with Crippen molar-refractivity contribution < 1.29 is 14.6 Å². The van der Waals surface area contributed by atoms with Crippen molar-refractivity contribution in [1.29, 1.82) is 0 Å². The van der Waals surface area contributed by atoms with Gasteiger partial charge in [0.25, 0.3) is 0 Å². The first kappa shape index (κ1) is 12.2. The van der Waals surface area contributed by atoms with E-state index in [2.05, 4.69) is 4.74 Å². The van der Waals surface area contributed by atoms with Gasteiger partial charge >= 0.3 is 5.97 Å². The predicted molar refractivity (Wildman–Crippen MR) is 58.4 cm³/mol. The number of methoxy groups -OCH3 is 1. The first-order valence-electron chi connectivity index (χ1n) is 5.60. The van der Waals surface area contributed by atoms with Crippen molar-refractivity contribution in [3.63, 3.8) is 0 Å². The second kappa shape index (κ2) is 5.91. The highest BCUT2D eigenvalue weighted by molar-refractivity contribution is 5.87. The van der Waals surface area contributed by atoms with Crippen molar-refractivity contribution in [3.05, 3.63) is 11.6 Å². The molecule has 1 rings (SSSR count). The van der Waals surface area contributed by atoms with E-state index in [1.807, 2.05) is 0 Å². The van der Waals surface area contributed by atoms with Crippen LogP contribution < -0.4 is 0 Å². The van der Waals surface area contributed by atoms with Crippen LogP contribution in [-0.4, -0.2) is 24.3 Å². The Balaban J connectivity index is 2.51. The van der Waals surface area contributed by atoms with Gasteiger partial charge in [-0.2, -0.15) is 0 Å². The van der Waals surface area contributed by atoms with E-state index in [9.17, 15) is 9.90 Å². The molecule has 0 aromatic heterocycles. The monoisotopic (exact) mass is 212 g/mol. The highest BCUT2D eigenvalue weighted by Crippen LogP contribution is 2.27. The highest BCUT2D eigenvalue weighted by Gasteiger charge is 2.20. The van der Waals surface area contributed by atoms with E-state index in [1.54, 1.807) is 13.0 Å². The largest absolute Gasteiger partial charge is 0.466 e. The number of aliphatic hydroxyl groups excluding tert-OH is 1. The summed E-state index contributed by atoms with van der Waals surface area (Å²) in [5.74, 6) is -0.0387. The van der Waals surface area contributed by atoms with E-state index >= 15 is 0 Å². The molecule has 0 aromatic carbocycles. The first-order valence-corrected chi connectivity index (χ1v) is 5.60. The molecule has 3 heteroatoms. The maximum absolute atomic E-state index is 11.1. The SMILES string of the molecule is COC(=O)C(C)=CC(O)C1CCCCC1. The summed E-state index contributed by atoms with van der Waals surface area (Å²) in [5, 5.41) is 9.90. The Hall–Kier alpha value is -0.830. The van der Waals surface area contributed by atoms with E-state index < -0.39 is 6.10 Å². The van der Waals surface area contributed by atoms with E-state index in [4.69, 9.17) is 0 Å². The molecular weight excluding hydrogens is 192 g/mol. The molecule has 1 aliphatic rings. The topological polar surface area (TPSA) is 46.5 Å². The molecule has 1 aliphatic carbocycles. The van der Waals surface area contributed by atoms with E-state index in [-0.39, 0.29) is 5.97 Å². The van der Waals surface area contributed by atoms with Gasteiger partial charge in [-0.1, -0.05) is 19.3 Å². The van der Waals surface area contributed by atoms with Crippen LogP contribution in [0.15, 0.2) is 11.6 Å². The van der Waals surface area contributed by atoms with Gasteiger partial charge < -0.3 is 9.84 Å². The van der Waals surface area contributed by atoms with Gasteiger partial charge in [0.2, 0.25) is 0 Å². The number of carbonyl (C=O) groups is 1. The molecule has 1 N–H and O–H groups in total. The normalized spacial score (nSPS) is 21.1. The Bertz CT molecular complexity index is 239. The second-order valence-electron chi connectivity index (χ2n) is 4.23. The molecule has 0 radical (unpaired) electrons. The number of hydrogen-bond donors (Lipinski definition) is 1. The average molecular weight is 212 g/mol. The molecule has 0 heterocycles. The van der Waals surface area contributed by atoms with Crippen molar-refractivity contribution in [3.8, 4) is 0 Å². The fraction of sp³-hybridized carbons (Fsp3) is 0.750. The van der Waals surface area contributed by atoms with Gasteiger partial charge in [-0.25, -0.2) is 4.79 Å². The van der Waals surface area contributed by atoms with E-state index in [1.165, 1.54) is 26.4 Å². The maximum Gasteiger partial charge on any atom is 0.333 e. The van der Waals surface area contributed by atoms with Gasteiger partial charge in [0.05, 0.1) is 13.2 Å². The number of aliphatic hydroxyl groups is 1. The Labute approximate surface area is 91.1 Å². The molecule has 15 heavy (non-hydrogen) atoms. The summed E-state index contributed by atoms with van der Waals surface area (Å²) in [5.41, 5.74) is 0.496. The molecule has 0 aromatic rings. The minimum absolute atomic E-state index is 0.318. The van der Waals surface area contributed by atoms with E-state index in [0.717, 1.165) is 12.8 Å². The number of carbonyl (C=O) groups excluding carboxylic acids is 1. The van der Waals surface area contributed by atoms with Gasteiger partial charge in [-0.3, -0.25) is 0 Å². The molecule has 86 valence electrons. The Kier molecular flexibility index (Phi) is 4.82. The molecule has 3 nitrogen and oxygen atoms in total. The molecule has 0 amide bonds. The Morgan fingerprint density at radius 2 is 2.00 bits per heavy atom. The number of ether oxygens (including phenoxy) is 1. The Morgan fingerprint density at radius 3 is 2.53 bits per heavy atom. The third-order valence-electron chi connectivity index (χ3n) is 3.06. The zero-order chi connectivity index (χ0) is 11.3. The second-order valence-corrected chi connectivity index (χ2v) is 4.23. The minimum atomic E-state index is -0.496. The van der Waals surface area contributed by atoms with Crippen LogP contribution in [0.5, 0.6) is 0 Å². The van der Waals surface area contributed by atoms with Crippen LogP contribution in [0.3, 0.4) is 0 Å². The maximum atomic E-state index is 11.1. The first-order chi connectivity index (χ1) is 7.15. The van der Waals surface area contributed by atoms with Crippen molar-refractivity contribution in [1.82, 2.24) is 0 Å². The molecule has 0 spiro atoms. The lowest BCUT2D eigenvalue weighted by molar-refractivity contribution is -0.136. The van der Waals surface area contributed by atoms with Gasteiger partial charge in [0, 0.05) is 5.57 Å². The Morgan fingerprint density at radius 1 is 1.40 bits per heavy atom. The summed E-state index contributed by atoms with van der Waals surface area (Å²) in [6, 6.07) is 0. The van der Waals surface area contributed by atoms with Crippen LogP contribution in [-0.2, 0) is 9.53 Å². The summed E-state index contributed by atoms with van der Waals surface area (Å²) in [4.78, 5) is 11.1. The van der Waals surface area contributed by atoms with E-state index in [0.29, 0.717) is 11.5 Å². The fourth-order valence-electron chi connectivity index (χ4n) is 2.10. The van der Waals surface area contributed by atoms with Crippen LogP contribution in [0.4, 0.5) is 0 Å². The number of esters is 1. The number of hydrogen-bond acceptors (Lipinski definition) is 3. The molecule has 0 saturated heterocycles. The zero-order valence-corrected chi connectivity index (χ0v) is 9.53. The summed E-state index contributed by atoms with van der Waals surface area (Å²) in [7, 11) is 1.35. The van der Waals surface area contributed by atoms with Crippen molar-refractivity contribution in [2.24, 2.45) is 5.92 Å². The third-order valence-corrected chi connectivity index (χ3v) is 3.06. The molecule has 0 bridgehead atoms. The smallest absolute Gasteiger partial charge is 0.333 e. The molecule has 1 fully saturated rings. The molecule has 1 atom stereocenters. The molecular formula is C12H20O3. The summed E-state index contributed by atoms with van der Waals surface area (Å²) in [6.45, 7) is 1.68. The van der Waals surface area contributed by atoms with Crippen LogP contribution in [0.2, 0.25) is 0 Å². The summed E-state index contributed by atoms with van der Waals surface area (Å²) < 4.78 is 4.58. The van der Waals surface area contributed by atoms with Crippen LogP contribution in [0.25, 0.3) is 0 Å². The van der Waals surface area contributed by atoms with Crippen LogP contribution >= 0.6 is 0 Å². The molecule has 0 aliphatic heterocycles. The van der Waals surface area contributed by atoms with Crippen molar-refractivity contribution >= 4 is 5.97 Å². The van der Waals surface area contributed by atoms with Gasteiger partial charge in [-0.15, -0.1) is 0 Å². The fourth-order valence-corrected chi connectivity index (χ4v) is 2.10. The lowest BCUT2D eigenvalue weighted by atomic mass is 9.85. The zero-order valence-electron chi connectivity index (χ0n) is 9.53. The van der Waals surface area contributed by atoms with Crippen molar-refractivity contribution in [2.75, 3.05) is 7.11 Å².